The predicted molar refractivity (Wildman–Crippen MR) is 91.4 cm³/mol. The predicted octanol–water partition coefficient (Wildman–Crippen LogP) is 4.08. The molecule has 2 rings (SSSR count). The first-order valence-corrected chi connectivity index (χ1v) is 7.68. The normalized spacial score (nSPS) is 11.4. The van der Waals surface area contributed by atoms with Gasteiger partial charge in [0.15, 0.2) is 0 Å². The molecule has 0 unspecified atom stereocenters. The van der Waals surface area contributed by atoms with Gasteiger partial charge in [-0.1, -0.05) is 48.5 Å². The zero-order valence-corrected chi connectivity index (χ0v) is 14.0. The molecule has 0 fully saturated rings. The Bertz CT molecular complexity index is 673. The minimum Gasteiger partial charge on any atom is -0.409 e. The zero-order valence-electron chi connectivity index (χ0n) is 14.0. The van der Waals surface area contributed by atoms with E-state index in [1.54, 1.807) is 19.9 Å². The molecular formula is C19H23NO3. The number of benzene rings is 2. The highest BCUT2D eigenvalue weighted by Crippen LogP contribution is 2.38. The summed E-state index contributed by atoms with van der Waals surface area (Å²) in [5, 5.41) is 13.1. The Morgan fingerprint density at radius 2 is 1.74 bits per heavy atom. The maximum Gasteiger partial charge on any atom is 0.412 e. The molecule has 122 valence electrons. The van der Waals surface area contributed by atoms with Crippen LogP contribution in [0.3, 0.4) is 0 Å². The average molecular weight is 313 g/mol. The molecule has 0 aliphatic heterocycles. The van der Waals surface area contributed by atoms with E-state index in [4.69, 9.17) is 4.74 Å². The Hall–Kier alpha value is -2.33. The van der Waals surface area contributed by atoms with Crippen LogP contribution in [0.4, 0.5) is 4.79 Å². The minimum absolute atomic E-state index is 0.0306. The number of aliphatic hydroxyl groups is 1. The van der Waals surface area contributed by atoms with Crippen LogP contribution < -0.4 is 10.1 Å². The quantitative estimate of drug-likeness (QED) is 0.894. The van der Waals surface area contributed by atoms with E-state index in [1.165, 1.54) is 0 Å². The minimum atomic E-state index is -1.13. The monoisotopic (exact) mass is 313 g/mol. The van der Waals surface area contributed by atoms with Gasteiger partial charge in [0.1, 0.15) is 5.75 Å². The maximum atomic E-state index is 12.1. The first-order valence-electron chi connectivity index (χ1n) is 7.68. The van der Waals surface area contributed by atoms with E-state index in [0.717, 1.165) is 11.1 Å². The van der Waals surface area contributed by atoms with Crippen molar-refractivity contribution in [1.29, 1.82) is 0 Å². The van der Waals surface area contributed by atoms with E-state index < -0.39 is 11.7 Å². The van der Waals surface area contributed by atoms with Crippen LogP contribution in [0.25, 0.3) is 11.1 Å². The molecule has 0 aliphatic rings. The van der Waals surface area contributed by atoms with E-state index in [1.807, 2.05) is 56.3 Å². The highest BCUT2D eigenvalue weighted by molar-refractivity contribution is 5.79. The second kappa shape index (κ2) is 6.84. The van der Waals surface area contributed by atoms with Crippen molar-refractivity contribution < 1.29 is 14.6 Å². The van der Waals surface area contributed by atoms with E-state index in [2.05, 4.69) is 5.32 Å². The Kier molecular flexibility index (Phi) is 5.06. The third-order valence-electron chi connectivity index (χ3n) is 3.36. The Labute approximate surface area is 137 Å². The summed E-state index contributed by atoms with van der Waals surface area (Å²) in [7, 11) is 0. The van der Waals surface area contributed by atoms with Crippen molar-refractivity contribution in [1.82, 2.24) is 5.32 Å². The molecule has 0 heterocycles. The van der Waals surface area contributed by atoms with Crippen molar-refractivity contribution in [3.63, 3.8) is 0 Å². The van der Waals surface area contributed by atoms with Crippen molar-refractivity contribution >= 4 is 6.09 Å². The van der Waals surface area contributed by atoms with Crippen molar-refractivity contribution in [2.45, 2.75) is 39.3 Å². The summed E-state index contributed by atoms with van der Waals surface area (Å²) in [5.41, 5.74) is 1.13. The zero-order chi connectivity index (χ0) is 17.0. The summed E-state index contributed by atoms with van der Waals surface area (Å²) >= 11 is 0. The highest BCUT2D eigenvalue weighted by Gasteiger charge is 2.25. The number of rotatable bonds is 4. The van der Waals surface area contributed by atoms with Gasteiger partial charge in [0.05, 0.1) is 5.60 Å². The van der Waals surface area contributed by atoms with Gasteiger partial charge in [0.2, 0.25) is 0 Å². The number of ether oxygens (including phenoxy) is 1. The molecule has 0 aliphatic carbocycles. The Morgan fingerprint density at radius 1 is 1.09 bits per heavy atom. The lowest BCUT2D eigenvalue weighted by atomic mass is 9.92. The van der Waals surface area contributed by atoms with Crippen LogP contribution in [0, 0.1) is 0 Å². The lowest BCUT2D eigenvalue weighted by molar-refractivity contribution is 0.0759. The SMILES string of the molecule is CC(C)NC(=O)Oc1c(-c2ccccc2)cccc1C(C)(C)O. The Morgan fingerprint density at radius 3 is 2.30 bits per heavy atom. The molecule has 0 radical (unpaired) electrons. The van der Waals surface area contributed by atoms with Crippen molar-refractivity contribution in [3.05, 3.63) is 54.1 Å². The molecule has 0 aromatic heterocycles. The number of hydrogen-bond acceptors (Lipinski definition) is 3. The molecule has 0 bridgehead atoms. The fourth-order valence-corrected chi connectivity index (χ4v) is 2.33. The van der Waals surface area contributed by atoms with Gasteiger partial charge in [-0.05, 0) is 33.3 Å². The molecule has 0 spiro atoms. The van der Waals surface area contributed by atoms with Crippen LogP contribution in [0.15, 0.2) is 48.5 Å². The van der Waals surface area contributed by atoms with Crippen LogP contribution in [0.5, 0.6) is 5.75 Å². The number of hydrogen-bond donors (Lipinski definition) is 2. The molecule has 4 nitrogen and oxygen atoms in total. The number of carbonyl (C=O) groups excluding carboxylic acids is 1. The molecule has 2 N–H and O–H groups in total. The lowest BCUT2D eigenvalue weighted by Crippen LogP contribution is -2.33. The van der Waals surface area contributed by atoms with Crippen molar-refractivity contribution in [3.8, 4) is 16.9 Å². The van der Waals surface area contributed by atoms with Gasteiger partial charge in [-0.3, -0.25) is 0 Å². The lowest BCUT2D eigenvalue weighted by Gasteiger charge is -2.23. The van der Waals surface area contributed by atoms with E-state index in [0.29, 0.717) is 11.3 Å². The molecule has 1 amide bonds. The third-order valence-corrected chi connectivity index (χ3v) is 3.36. The largest absolute Gasteiger partial charge is 0.412 e. The summed E-state index contributed by atoms with van der Waals surface area (Å²) in [4.78, 5) is 12.1. The van der Waals surface area contributed by atoms with Gasteiger partial charge in [-0.15, -0.1) is 0 Å². The van der Waals surface area contributed by atoms with Crippen LogP contribution in [0.2, 0.25) is 0 Å². The van der Waals surface area contributed by atoms with Crippen LogP contribution >= 0.6 is 0 Å². The van der Waals surface area contributed by atoms with Gasteiger partial charge in [-0.25, -0.2) is 4.79 Å². The summed E-state index contributed by atoms with van der Waals surface area (Å²) in [6.07, 6.45) is -0.533. The van der Waals surface area contributed by atoms with Crippen molar-refractivity contribution in [2.24, 2.45) is 0 Å². The van der Waals surface area contributed by atoms with Gasteiger partial charge >= 0.3 is 6.09 Å². The fourth-order valence-electron chi connectivity index (χ4n) is 2.33. The fraction of sp³-hybridized carbons (Fsp3) is 0.316. The first-order chi connectivity index (χ1) is 10.8. The molecule has 0 saturated carbocycles. The van der Waals surface area contributed by atoms with Crippen LogP contribution in [0.1, 0.15) is 33.3 Å². The molecule has 4 heteroatoms. The van der Waals surface area contributed by atoms with Crippen LogP contribution in [-0.2, 0) is 5.60 Å². The highest BCUT2D eigenvalue weighted by atomic mass is 16.6. The molecule has 2 aromatic carbocycles. The molecule has 2 aromatic rings. The van der Waals surface area contributed by atoms with Gasteiger partial charge < -0.3 is 15.2 Å². The summed E-state index contributed by atoms with van der Waals surface area (Å²) < 4.78 is 5.56. The molecule has 0 saturated heterocycles. The second-order valence-corrected chi connectivity index (χ2v) is 6.30. The summed E-state index contributed by atoms with van der Waals surface area (Å²) in [5.74, 6) is 0.379. The topological polar surface area (TPSA) is 58.6 Å². The van der Waals surface area contributed by atoms with Gasteiger partial charge in [-0.2, -0.15) is 0 Å². The number of nitrogens with one attached hydrogen (secondary N) is 1. The number of para-hydroxylation sites is 1. The van der Waals surface area contributed by atoms with Gasteiger partial charge in [0, 0.05) is 17.2 Å². The third kappa shape index (κ3) is 4.33. The average Bonchev–Trinajstić information content (AvgIpc) is 2.46. The smallest absolute Gasteiger partial charge is 0.409 e. The first kappa shape index (κ1) is 17.0. The van der Waals surface area contributed by atoms with Crippen LogP contribution in [-0.4, -0.2) is 17.2 Å². The number of amides is 1. The standard InChI is InChI=1S/C19H23NO3/c1-13(2)20-18(21)23-17-15(14-9-6-5-7-10-14)11-8-12-16(17)19(3,4)22/h5-13,22H,1-4H3,(H,20,21). The maximum absolute atomic E-state index is 12.1. The van der Waals surface area contributed by atoms with E-state index >= 15 is 0 Å². The van der Waals surface area contributed by atoms with Crippen molar-refractivity contribution in [2.75, 3.05) is 0 Å². The summed E-state index contributed by atoms with van der Waals surface area (Å²) in [6.45, 7) is 7.07. The molecule has 0 atom stereocenters. The van der Waals surface area contributed by atoms with E-state index in [-0.39, 0.29) is 6.04 Å². The Balaban J connectivity index is 2.52. The second-order valence-electron chi connectivity index (χ2n) is 6.30. The van der Waals surface area contributed by atoms with Gasteiger partial charge in [0.25, 0.3) is 0 Å². The van der Waals surface area contributed by atoms with E-state index in [9.17, 15) is 9.90 Å². The molecule has 23 heavy (non-hydrogen) atoms. The molecular weight excluding hydrogens is 290 g/mol. The number of carbonyl (C=O) groups is 1. The summed E-state index contributed by atoms with van der Waals surface area (Å²) in [6, 6.07) is 15.1.